The lowest BCUT2D eigenvalue weighted by atomic mass is 10.2. The normalized spacial score (nSPS) is 35.8. The van der Waals surface area contributed by atoms with Gasteiger partial charge in [-0.2, -0.15) is 0 Å². The topological polar surface area (TPSA) is 31.4 Å². The number of piperidine rings is 1. The van der Waals surface area contributed by atoms with Crippen LogP contribution < -0.4 is 10.2 Å². The van der Waals surface area contributed by atoms with E-state index >= 15 is 0 Å². The maximum Gasteiger partial charge on any atom is 0.185 e. The molecule has 2 unspecified atom stereocenters. The highest BCUT2D eigenvalue weighted by molar-refractivity contribution is 7.13. The van der Waals surface area contributed by atoms with Crippen LogP contribution in [0, 0.1) is 17.8 Å². The summed E-state index contributed by atoms with van der Waals surface area (Å²) >= 11 is 1.76. The molecule has 0 amide bonds. The van der Waals surface area contributed by atoms with E-state index in [1.54, 1.807) is 11.3 Å². The minimum Gasteiger partial charge on any atom is -0.346 e. The molecule has 0 spiro atoms. The van der Waals surface area contributed by atoms with Crippen LogP contribution in [0.3, 0.4) is 0 Å². The highest BCUT2D eigenvalue weighted by Gasteiger charge is 2.52. The third kappa shape index (κ3) is 1.94. The molecule has 1 aromatic rings. The van der Waals surface area contributed by atoms with E-state index in [4.69, 9.17) is 0 Å². The highest BCUT2D eigenvalue weighted by atomic mass is 32.1. The molecule has 5 heteroatoms. The number of rotatable bonds is 3. The van der Waals surface area contributed by atoms with Crippen LogP contribution in [0.1, 0.15) is 0 Å². The summed E-state index contributed by atoms with van der Waals surface area (Å²) in [5, 5.41) is 6.75. The number of nitrogens with one attached hydrogen (secondary N) is 1. The van der Waals surface area contributed by atoms with Gasteiger partial charge in [0.25, 0.3) is 0 Å². The molecule has 2 saturated heterocycles. The van der Waals surface area contributed by atoms with Gasteiger partial charge in [-0.15, -0.1) is 11.3 Å². The fourth-order valence-corrected chi connectivity index (χ4v) is 4.31. The van der Waals surface area contributed by atoms with Crippen molar-refractivity contribution in [1.29, 1.82) is 0 Å². The molecule has 4 rings (SSSR count). The number of thiazole rings is 1. The predicted molar refractivity (Wildman–Crippen MR) is 74.1 cm³/mol. The molecule has 2 atom stereocenters. The Morgan fingerprint density at radius 1 is 1.22 bits per heavy atom. The van der Waals surface area contributed by atoms with Crippen LogP contribution in [0.2, 0.25) is 0 Å². The average Bonchev–Trinajstić information content (AvgIpc) is 2.89. The van der Waals surface area contributed by atoms with E-state index in [1.807, 2.05) is 6.20 Å². The first-order valence-electron chi connectivity index (χ1n) is 6.99. The minimum absolute atomic E-state index is 0.998. The first-order valence-corrected chi connectivity index (χ1v) is 7.87. The Hall–Kier alpha value is -0.650. The van der Waals surface area contributed by atoms with Crippen molar-refractivity contribution in [2.24, 2.45) is 17.8 Å². The molecule has 98 valence electrons. The molecule has 3 fully saturated rings. The van der Waals surface area contributed by atoms with E-state index in [0.29, 0.717) is 0 Å². The number of hydrogen-bond donors (Lipinski definition) is 1. The van der Waals surface area contributed by atoms with Gasteiger partial charge in [-0.3, -0.25) is 4.90 Å². The van der Waals surface area contributed by atoms with Crippen LogP contribution in [-0.4, -0.2) is 55.7 Å². The lowest BCUT2D eigenvalue weighted by molar-refractivity contribution is 0.237. The lowest BCUT2D eigenvalue weighted by Gasteiger charge is -2.34. The molecule has 1 N–H and O–H groups in total. The Morgan fingerprint density at radius 3 is 2.67 bits per heavy atom. The molecule has 2 aliphatic heterocycles. The summed E-state index contributed by atoms with van der Waals surface area (Å²) in [5.74, 6) is 3.00. The van der Waals surface area contributed by atoms with Gasteiger partial charge in [-0.1, -0.05) is 0 Å². The molecule has 0 bridgehead atoms. The van der Waals surface area contributed by atoms with Crippen molar-refractivity contribution in [3.05, 3.63) is 11.6 Å². The molecule has 1 aromatic heterocycles. The van der Waals surface area contributed by atoms with Gasteiger partial charge in [0.2, 0.25) is 0 Å². The SMILES string of the molecule is c1csc(N2CCN(CC3C4CNCC43)CC2)n1. The molecule has 0 aromatic carbocycles. The van der Waals surface area contributed by atoms with Crippen LogP contribution in [0.15, 0.2) is 11.6 Å². The van der Waals surface area contributed by atoms with Crippen LogP contribution in [0.25, 0.3) is 0 Å². The van der Waals surface area contributed by atoms with Gasteiger partial charge in [0, 0.05) is 44.3 Å². The number of aromatic nitrogens is 1. The molecule has 3 heterocycles. The second-order valence-electron chi connectivity index (χ2n) is 5.75. The second-order valence-corrected chi connectivity index (χ2v) is 6.63. The Kier molecular flexibility index (Phi) is 2.78. The van der Waals surface area contributed by atoms with E-state index in [1.165, 1.54) is 37.9 Å². The fraction of sp³-hybridized carbons (Fsp3) is 0.769. The van der Waals surface area contributed by atoms with Gasteiger partial charge in [-0.05, 0) is 30.8 Å². The van der Waals surface area contributed by atoms with Gasteiger partial charge in [0.1, 0.15) is 0 Å². The van der Waals surface area contributed by atoms with Crippen molar-refractivity contribution in [1.82, 2.24) is 15.2 Å². The molecule has 1 aliphatic carbocycles. The Morgan fingerprint density at radius 2 is 2.00 bits per heavy atom. The van der Waals surface area contributed by atoms with Crippen molar-refractivity contribution in [2.45, 2.75) is 0 Å². The summed E-state index contributed by atoms with van der Waals surface area (Å²) in [6, 6.07) is 0. The van der Waals surface area contributed by atoms with E-state index in [9.17, 15) is 0 Å². The average molecular weight is 264 g/mol. The zero-order chi connectivity index (χ0) is 11.9. The van der Waals surface area contributed by atoms with Gasteiger partial charge >= 0.3 is 0 Å². The standard InChI is InChI=1S/C13H20N4S/c1-6-18-13(15-1)17-4-2-16(3-5-17)9-12-10-7-14-8-11(10)12/h1,6,10-12,14H,2-5,7-9H2. The summed E-state index contributed by atoms with van der Waals surface area (Å²) in [7, 11) is 0. The summed E-state index contributed by atoms with van der Waals surface area (Å²) in [6.45, 7) is 8.60. The monoisotopic (exact) mass is 264 g/mol. The van der Waals surface area contributed by atoms with Gasteiger partial charge < -0.3 is 10.2 Å². The van der Waals surface area contributed by atoms with Gasteiger partial charge in [0.05, 0.1) is 0 Å². The number of anilines is 1. The van der Waals surface area contributed by atoms with E-state index in [-0.39, 0.29) is 0 Å². The number of nitrogens with zero attached hydrogens (tertiary/aromatic N) is 3. The zero-order valence-corrected chi connectivity index (χ0v) is 11.4. The van der Waals surface area contributed by atoms with Crippen molar-refractivity contribution in [2.75, 3.05) is 50.7 Å². The Bertz CT molecular complexity index is 389. The molecule has 1 saturated carbocycles. The van der Waals surface area contributed by atoms with Crippen molar-refractivity contribution >= 4 is 16.5 Å². The molecule has 0 radical (unpaired) electrons. The maximum atomic E-state index is 4.40. The van der Waals surface area contributed by atoms with Crippen LogP contribution >= 0.6 is 11.3 Å². The van der Waals surface area contributed by atoms with Gasteiger partial charge in [-0.25, -0.2) is 4.98 Å². The van der Waals surface area contributed by atoms with Crippen molar-refractivity contribution < 1.29 is 0 Å². The quantitative estimate of drug-likeness (QED) is 0.872. The van der Waals surface area contributed by atoms with Crippen LogP contribution in [0.5, 0.6) is 0 Å². The largest absolute Gasteiger partial charge is 0.346 e. The maximum absolute atomic E-state index is 4.40. The summed E-state index contributed by atoms with van der Waals surface area (Å²) in [6.07, 6.45) is 1.91. The fourth-order valence-electron chi connectivity index (χ4n) is 3.61. The summed E-state index contributed by atoms with van der Waals surface area (Å²) < 4.78 is 0. The molecular formula is C13H20N4S. The van der Waals surface area contributed by atoms with E-state index in [0.717, 1.165) is 30.8 Å². The smallest absolute Gasteiger partial charge is 0.185 e. The first kappa shape index (κ1) is 11.2. The van der Waals surface area contributed by atoms with Crippen LogP contribution in [0.4, 0.5) is 5.13 Å². The zero-order valence-electron chi connectivity index (χ0n) is 10.6. The Labute approximate surface area is 112 Å². The molecule has 4 nitrogen and oxygen atoms in total. The van der Waals surface area contributed by atoms with Crippen molar-refractivity contribution in [3.63, 3.8) is 0 Å². The van der Waals surface area contributed by atoms with Crippen molar-refractivity contribution in [3.8, 4) is 0 Å². The number of hydrogen-bond acceptors (Lipinski definition) is 5. The molecule has 3 aliphatic rings. The highest BCUT2D eigenvalue weighted by Crippen LogP contribution is 2.48. The first-order chi connectivity index (χ1) is 8.92. The third-order valence-electron chi connectivity index (χ3n) is 4.80. The predicted octanol–water partition coefficient (Wildman–Crippen LogP) is 0.730. The number of fused-ring (bicyclic) bond motifs is 1. The number of piperazine rings is 1. The summed E-state index contributed by atoms with van der Waals surface area (Å²) in [4.78, 5) is 9.49. The van der Waals surface area contributed by atoms with E-state index < -0.39 is 0 Å². The summed E-state index contributed by atoms with van der Waals surface area (Å²) in [5.41, 5.74) is 0. The minimum atomic E-state index is 0.998. The van der Waals surface area contributed by atoms with Crippen LogP contribution in [-0.2, 0) is 0 Å². The lowest BCUT2D eigenvalue weighted by Crippen LogP contribution is -2.47. The molecular weight excluding hydrogens is 244 g/mol. The van der Waals surface area contributed by atoms with Gasteiger partial charge in [0.15, 0.2) is 5.13 Å². The van der Waals surface area contributed by atoms with E-state index in [2.05, 4.69) is 25.5 Å². The second kappa shape index (κ2) is 4.47. The third-order valence-corrected chi connectivity index (χ3v) is 5.63. The molecule has 18 heavy (non-hydrogen) atoms. The Balaban J connectivity index is 1.28.